The van der Waals surface area contributed by atoms with E-state index in [2.05, 4.69) is 12.2 Å². The van der Waals surface area contributed by atoms with Crippen LogP contribution in [-0.2, 0) is 9.47 Å². The highest BCUT2D eigenvalue weighted by Gasteiger charge is 2.05. The average molecular weight is 227 g/mol. The number of nitrogens with one attached hydrogen (secondary N) is 1. The van der Waals surface area contributed by atoms with Crippen LogP contribution in [0.2, 0.25) is 0 Å². The van der Waals surface area contributed by atoms with Crippen LogP contribution in [0.1, 0.15) is 25.1 Å². The first-order valence-corrected chi connectivity index (χ1v) is 5.68. The van der Waals surface area contributed by atoms with Crippen molar-refractivity contribution in [2.45, 2.75) is 19.4 Å². The van der Waals surface area contributed by atoms with Gasteiger partial charge in [-0.25, -0.2) is 0 Å². The lowest BCUT2D eigenvalue weighted by molar-refractivity contribution is 0.103. The van der Waals surface area contributed by atoms with Gasteiger partial charge in [0.05, 0.1) is 18.9 Å². The van der Waals surface area contributed by atoms with Gasteiger partial charge in [-0.05, 0) is 25.5 Å². The molecule has 0 aliphatic rings. The monoisotopic (exact) mass is 227 g/mol. The Kier molecular flexibility index (Phi) is 6.88. The summed E-state index contributed by atoms with van der Waals surface area (Å²) in [5, 5.41) is 3.33. The van der Waals surface area contributed by atoms with Crippen molar-refractivity contribution in [3.05, 3.63) is 24.2 Å². The van der Waals surface area contributed by atoms with Crippen molar-refractivity contribution in [2.24, 2.45) is 0 Å². The summed E-state index contributed by atoms with van der Waals surface area (Å²) < 4.78 is 15.6. The molecule has 4 heteroatoms. The molecule has 1 atom stereocenters. The molecule has 0 aliphatic heterocycles. The quantitative estimate of drug-likeness (QED) is 0.655. The largest absolute Gasteiger partial charge is 0.468 e. The molecule has 0 spiro atoms. The van der Waals surface area contributed by atoms with E-state index < -0.39 is 0 Å². The Morgan fingerprint density at radius 2 is 2.25 bits per heavy atom. The average Bonchev–Trinajstić information content (AvgIpc) is 2.81. The first-order valence-electron chi connectivity index (χ1n) is 5.68. The molecule has 1 aromatic rings. The molecular weight excluding hydrogens is 206 g/mol. The molecule has 0 amide bonds. The molecule has 0 saturated heterocycles. The standard InChI is InChI=1S/C12H21NO3/c1-11(12-5-3-9-16-12)13-6-10-15-8-4-7-14-2/h3,5,9,11,13H,4,6-8,10H2,1-2H3. The van der Waals surface area contributed by atoms with Crippen LogP contribution in [0.15, 0.2) is 22.8 Å². The van der Waals surface area contributed by atoms with Crippen LogP contribution < -0.4 is 5.32 Å². The molecule has 0 saturated carbocycles. The summed E-state index contributed by atoms with van der Waals surface area (Å²) in [5.41, 5.74) is 0. The molecule has 1 N–H and O–H groups in total. The predicted octanol–water partition coefficient (Wildman–Crippen LogP) is 1.98. The van der Waals surface area contributed by atoms with Crippen LogP contribution in [0.25, 0.3) is 0 Å². The van der Waals surface area contributed by atoms with Gasteiger partial charge in [-0.1, -0.05) is 0 Å². The minimum absolute atomic E-state index is 0.234. The molecule has 0 aliphatic carbocycles. The highest BCUT2D eigenvalue weighted by Crippen LogP contribution is 2.11. The van der Waals surface area contributed by atoms with Crippen molar-refractivity contribution >= 4 is 0 Å². The van der Waals surface area contributed by atoms with Gasteiger partial charge >= 0.3 is 0 Å². The third kappa shape index (κ3) is 5.30. The van der Waals surface area contributed by atoms with Crippen LogP contribution >= 0.6 is 0 Å². The molecule has 0 bridgehead atoms. The van der Waals surface area contributed by atoms with Crippen molar-refractivity contribution in [3.63, 3.8) is 0 Å². The van der Waals surface area contributed by atoms with Crippen molar-refractivity contribution in [1.29, 1.82) is 0 Å². The van der Waals surface area contributed by atoms with E-state index in [1.165, 1.54) is 0 Å². The SMILES string of the molecule is COCCCOCCNC(C)c1ccco1. The number of methoxy groups -OCH3 is 1. The van der Waals surface area contributed by atoms with E-state index in [9.17, 15) is 0 Å². The fourth-order valence-electron chi connectivity index (χ4n) is 1.39. The van der Waals surface area contributed by atoms with E-state index in [0.717, 1.165) is 38.5 Å². The molecule has 0 fully saturated rings. The minimum atomic E-state index is 0.234. The second-order valence-electron chi connectivity index (χ2n) is 3.65. The van der Waals surface area contributed by atoms with Crippen LogP contribution in [-0.4, -0.2) is 33.5 Å². The van der Waals surface area contributed by atoms with Crippen LogP contribution in [0.5, 0.6) is 0 Å². The number of hydrogen-bond acceptors (Lipinski definition) is 4. The first kappa shape index (κ1) is 13.2. The predicted molar refractivity (Wildman–Crippen MR) is 62.4 cm³/mol. The third-order valence-corrected chi connectivity index (χ3v) is 2.30. The molecule has 0 aromatic carbocycles. The smallest absolute Gasteiger partial charge is 0.120 e. The molecular formula is C12H21NO3. The second kappa shape index (κ2) is 8.33. The maximum Gasteiger partial charge on any atom is 0.120 e. The number of rotatable bonds is 9. The van der Waals surface area contributed by atoms with E-state index in [-0.39, 0.29) is 6.04 Å². The summed E-state index contributed by atoms with van der Waals surface area (Å²) in [4.78, 5) is 0. The summed E-state index contributed by atoms with van der Waals surface area (Å²) >= 11 is 0. The molecule has 16 heavy (non-hydrogen) atoms. The van der Waals surface area contributed by atoms with Crippen molar-refractivity contribution in [3.8, 4) is 0 Å². The Hall–Kier alpha value is -0.840. The molecule has 1 rings (SSSR count). The maximum atomic E-state index is 5.43. The Balaban J connectivity index is 1.95. The molecule has 1 aromatic heterocycles. The molecule has 92 valence electrons. The van der Waals surface area contributed by atoms with Gasteiger partial charge in [0.2, 0.25) is 0 Å². The highest BCUT2D eigenvalue weighted by atomic mass is 16.5. The highest BCUT2D eigenvalue weighted by molar-refractivity contribution is 5.02. The topological polar surface area (TPSA) is 43.6 Å². The van der Waals surface area contributed by atoms with E-state index >= 15 is 0 Å². The Morgan fingerprint density at radius 1 is 1.38 bits per heavy atom. The van der Waals surface area contributed by atoms with Gasteiger partial charge in [-0.3, -0.25) is 0 Å². The lowest BCUT2D eigenvalue weighted by atomic mass is 10.2. The van der Waals surface area contributed by atoms with Gasteiger partial charge in [-0.2, -0.15) is 0 Å². The van der Waals surface area contributed by atoms with E-state index in [4.69, 9.17) is 13.9 Å². The molecule has 0 radical (unpaired) electrons. The molecule has 4 nitrogen and oxygen atoms in total. The molecule has 1 heterocycles. The summed E-state index contributed by atoms with van der Waals surface area (Å²) in [7, 11) is 1.70. The van der Waals surface area contributed by atoms with Gasteiger partial charge in [0.1, 0.15) is 5.76 Å². The lowest BCUT2D eigenvalue weighted by Crippen LogP contribution is -2.23. The number of hydrogen-bond donors (Lipinski definition) is 1. The summed E-state index contributed by atoms with van der Waals surface area (Å²) in [6, 6.07) is 4.10. The Labute approximate surface area is 96.9 Å². The maximum absolute atomic E-state index is 5.43. The van der Waals surface area contributed by atoms with Gasteiger partial charge in [0, 0.05) is 26.9 Å². The fraction of sp³-hybridized carbons (Fsp3) is 0.667. The minimum Gasteiger partial charge on any atom is -0.468 e. The van der Waals surface area contributed by atoms with Gasteiger partial charge in [0.25, 0.3) is 0 Å². The first-order chi connectivity index (χ1) is 7.84. The Bertz CT molecular complexity index is 249. The lowest BCUT2D eigenvalue weighted by Gasteiger charge is -2.11. The van der Waals surface area contributed by atoms with Gasteiger partial charge in [-0.15, -0.1) is 0 Å². The number of furan rings is 1. The van der Waals surface area contributed by atoms with Gasteiger partial charge in [0.15, 0.2) is 0 Å². The van der Waals surface area contributed by atoms with Crippen LogP contribution in [0.4, 0.5) is 0 Å². The zero-order chi connectivity index (χ0) is 11.6. The molecule has 1 unspecified atom stereocenters. The van der Waals surface area contributed by atoms with Crippen LogP contribution in [0.3, 0.4) is 0 Å². The zero-order valence-electron chi connectivity index (χ0n) is 10.1. The zero-order valence-corrected chi connectivity index (χ0v) is 10.1. The van der Waals surface area contributed by atoms with Crippen molar-refractivity contribution < 1.29 is 13.9 Å². The van der Waals surface area contributed by atoms with Gasteiger partial charge < -0.3 is 19.2 Å². The third-order valence-electron chi connectivity index (χ3n) is 2.30. The number of ether oxygens (including phenoxy) is 2. The van der Waals surface area contributed by atoms with Crippen molar-refractivity contribution in [1.82, 2.24) is 5.32 Å². The fourth-order valence-corrected chi connectivity index (χ4v) is 1.39. The van der Waals surface area contributed by atoms with E-state index in [0.29, 0.717) is 0 Å². The van der Waals surface area contributed by atoms with Crippen molar-refractivity contribution in [2.75, 3.05) is 33.5 Å². The van der Waals surface area contributed by atoms with E-state index in [1.807, 2.05) is 12.1 Å². The Morgan fingerprint density at radius 3 is 2.94 bits per heavy atom. The summed E-state index contributed by atoms with van der Waals surface area (Å²) in [6.07, 6.45) is 2.64. The summed E-state index contributed by atoms with van der Waals surface area (Å²) in [5.74, 6) is 0.958. The van der Waals surface area contributed by atoms with Crippen LogP contribution in [0, 0.1) is 0 Å². The second-order valence-corrected chi connectivity index (χ2v) is 3.65. The summed E-state index contributed by atoms with van der Waals surface area (Å²) in [6.45, 7) is 5.13. The van der Waals surface area contributed by atoms with E-state index in [1.54, 1.807) is 13.4 Å². The normalized spacial score (nSPS) is 12.9.